The molecular formula is C17H23NO2. The van der Waals surface area contributed by atoms with Crippen molar-refractivity contribution in [1.29, 1.82) is 0 Å². The molecule has 0 aliphatic heterocycles. The Balaban J connectivity index is 2.90. The van der Waals surface area contributed by atoms with E-state index in [0.29, 0.717) is 11.5 Å². The molecule has 2 aromatic rings. The summed E-state index contributed by atoms with van der Waals surface area (Å²) >= 11 is 0. The van der Waals surface area contributed by atoms with Crippen LogP contribution in [0.2, 0.25) is 0 Å². The summed E-state index contributed by atoms with van der Waals surface area (Å²) in [7, 11) is 0. The maximum Gasteiger partial charge on any atom is 0.337 e. The summed E-state index contributed by atoms with van der Waals surface area (Å²) in [6.07, 6.45) is 0. The van der Waals surface area contributed by atoms with Gasteiger partial charge in [-0.15, -0.1) is 0 Å². The Kier molecular flexibility index (Phi) is 3.41. The van der Waals surface area contributed by atoms with Gasteiger partial charge in [0, 0.05) is 11.1 Å². The highest BCUT2D eigenvalue weighted by atomic mass is 16.4. The number of hydrogen-bond donors (Lipinski definition) is 2. The maximum atomic E-state index is 11.6. The zero-order valence-corrected chi connectivity index (χ0v) is 13.1. The van der Waals surface area contributed by atoms with E-state index in [1.165, 1.54) is 5.56 Å². The molecule has 20 heavy (non-hydrogen) atoms. The van der Waals surface area contributed by atoms with Crippen molar-refractivity contribution in [3.63, 3.8) is 0 Å². The average molecular weight is 273 g/mol. The number of nitrogens with one attached hydrogen (secondary N) is 1. The molecule has 2 rings (SSSR count). The Bertz CT molecular complexity index is 672. The lowest BCUT2D eigenvalue weighted by molar-refractivity contribution is 0.0698. The maximum absolute atomic E-state index is 11.6. The Morgan fingerprint density at radius 1 is 1.25 bits per heavy atom. The fraction of sp³-hybridized carbons (Fsp3) is 0.471. The number of carbonyl (C=O) groups is 1. The molecule has 0 saturated carbocycles. The van der Waals surface area contributed by atoms with Gasteiger partial charge in [0.1, 0.15) is 0 Å². The lowest BCUT2D eigenvalue weighted by Gasteiger charge is -2.20. The molecule has 0 fully saturated rings. The topological polar surface area (TPSA) is 53.1 Å². The fourth-order valence-electron chi connectivity index (χ4n) is 2.79. The van der Waals surface area contributed by atoms with Crippen molar-refractivity contribution in [3.05, 3.63) is 34.5 Å². The molecule has 0 bridgehead atoms. The Labute approximate surface area is 120 Å². The van der Waals surface area contributed by atoms with Crippen LogP contribution < -0.4 is 0 Å². The van der Waals surface area contributed by atoms with E-state index in [4.69, 9.17) is 0 Å². The van der Waals surface area contributed by atoms with Gasteiger partial charge in [-0.25, -0.2) is 4.79 Å². The smallest absolute Gasteiger partial charge is 0.337 e. The van der Waals surface area contributed by atoms with Gasteiger partial charge in [0.25, 0.3) is 0 Å². The minimum Gasteiger partial charge on any atom is -0.478 e. The van der Waals surface area contributed by atoms with Gasteiger partial charge in [0.05, 0.1) is 11.1 Å². The Morgan fingerprint density at radius 2 is 1.85 bits per heavy atom. The second-order valence-corrected chi connectivity index (χ2v) is 6.82. The minimum absolute atomic E-state index is 0.0716. The highest BCUT2D eigenvalue weighted by Gasteiger charge is 2.22. The summed E-state index contributed by atoms with van der Waals surface area (Å²) in [5, 5.41) is 10.5. The van der Waals surface area contributed by atoms with Crippen molar-refractivity contribution in [2.75, 3.05) is 0 Å². The number of hydrogen-bond acceptors (Lipinski definition) is 1. The monoisotopic (exact) mass is 273 g/mol. The highest BCUT2D eigenvalue weighted by molar-refractivity contribution is 6.04. The van der Waals surface area contributed by atoms with Gasteiger partial charge < -0.3 is 10.1 Å². The molecule has 108 valence electrons. The number of H-pyrrole nitrogens is 1. The van der Waals surface area contributed by atoms with Crippen LogP contribution in [0.1, 0.15) is 67.7 Å². The molecule has 0 aliphatic rings. The molecule has 0 spiro atoms. The third-order valence-electron chi connectivity index (χ3n) is 3.82. The van der Waals surface area contributed by atoms with Crippen molar-refractivity contribution in [1.82, 2.24) is 4.98 Å². The number of aromatic amines is 1. The first-order chi connectivity index (χ1) is 9.12. The van der Waals surface area contributed by atoms with Gasteiger partial charge in [0.15, 0.2) is 0 Å². The number of fused-ring (bicyclic) bond motifs is 1. The molecule has 2 N–H and O–H groups in total. The quantitative estimate of drug-likeness (QED) is 0.840. The van der Waals surface area contributed by atoms with Crippen molar-refractivity contribution < 1.29 is 9.90 Å². The van der Waals surface area contributed by atoms with Crippen LogP contribution in [-0.4, -0.2) is 16.1 Å². The largest absolute Gasteiger partial charge is 0.478 e. The van der Waals surface area contributed by atoms with Crippen molar-refractivity contribution in [3.8, 4) is 0 Å². The summed E-state index contributed by atoms with van der Waals surface area (Å²) in [5.41, 5.74) is 4.37. The van der Waals surface area contributed by atoms with E-state index in [1.807, 2.05) is 6.92 Å². The van der Waals surface area contributed by atoms with Crippen molar-refractivity contribution in [2.24, 2.45) is 0 Å². The highest BCUT2D eigenvalue weighted by Crippen LogP contribution is 2.35. The summed E-state index contributed by atoms with van der Waals surface area (Å²) < 4.78 is 0. The molecule has 0 radical (unpaired) electrons. The van der Waals surface area contributed by atoms with Crippen LogP contribution in [0.5, 0.6) is 0 Å². The second-order valence-electron chi connectivity index (χ2n) is 6.82. The molecule has 3 nitrogen and oxygen atoms in total. The van der Waals surface area contributed by atoms with Crippen molar-refractivity contribution >= 4 is 16.9 Å². The molecule has 0 aliphatic carbocycles. The number of aryl methyl sites for hydroxylation is 1. The second kappa shape index (κ2) is 4.65. The van der Waals surface area contributed by atoms with E-state index < -0.39 is 5.97 Å². The molecule has 0 atom stereocenters. The Morgan fingerprint density at radius 3 is 2.30 bits per heavy atom. The SMILES string of the molecule is Cc1[nH]c2c(C(=O)O)cc(C(C)(C)C)cc2c1C(C)C. The molecule has 1 heterocycles. The van der Waals surface area contributed by atoms with E-state index in [9.17, 15) is 9.90 Å². The number of aromatic carboxylic acids is 1. The van der Waals surface area contributed by atoms with Crippen LogP contribution in [0.15, 0.2) is 12.1 Å². The average Bonchev–Trinajstić information content (AvgIpc) is 2.61. The van der Waals surface area contributed by atoms with Crippen LogP contribution in [0.4, 0.5) is 0 Å². The van der Waals surface area contributed by atoms with E-state index >= 15 is 0 Å². The number of carboxylic acids is 1. The lowest BCUT2D eigenvalue weighted by Crippen LogP contribution is -2.12. The standard InChI is InChI=1S/C17H23NO2/c1-9(2)14-10(3)18-15-12(14)7-11(17(4,5)6)8-13(15)16(19)20/h7-9,18H,1-6H3,(H,19,20). The van der Waals surface area contributed by atoms with Gasteiger partial charge in [0.2, 0.25) is 0 Å². The zero-order valence-electron chi connectivity index (χ0n) is 13.1. The normalized spacial score (nSPS) is 12.3. The summed E-state index contributed by atoms with van der Waals surface area (Å²) in [6.45, 7) is 12.6. The lowest BCUT2D eigenvalue weighted by atomic mass is 9.84. The van der Waals surface area contributed by atoms with Gasteiger partial charge in [-0.1, -0.05) is 34.6 Å². The number of carboxylic acid groups (broad SMARTS) is 1. The molecule has 1 aromatic carbocycles. The molecule has 1 aromatic heterocycles. The molecular weight excluding hydrogens is 250 g/mol. The van der Waals surface area contributed by atoms with E-state index in [1.54, 1.807) is 6.07 Å². The third-order valence-corrected chi connectivity index (χ3v) is 3.82. The van der Waals surface area contributed by atoms with Crippen molar-refractivity contribution in [2.45, 2.75) is 52.9 Å². The van der Waals surface area contributed by atoms with E-state index in [0.717, 1.165) is 22.2 Å². The fourth-order valence-corrected chi connectivity index (χ4v) is 2.79. The predicted molar refractivity (Wildman–Crippen MR) is 82.8 cm³/mol. The minimum atomic E-state index is -0.877. The molecule has 0 saturated heterocycles. The summed E-state index contributed by atoms with van der Waals surface area (Å²) in [5.74, 6) is -0.515. The van der Waals surface area contributed by atoms with E-state index in [-0.39, 0.29) is 5.41 Å². The van der Waals surface area contributed by atoms with Gasteiger partial charge in [-0.05, 0) is 41.5 Å². The first-order valence-electron chi connectivity index (χ1n) is 7.03. The van der Waals surface area contributed by atoms with Crippen LogP contribution >= 0.6 is 0 Å². The van der Waals surface area contributed by atoms with Gasteiger partial charge in [-0.2, -0.15) is 0 Å². The summed E-state index contributed by atoms with van der Waals surface area (Å²) in [6, 6.07) is 3.94. The van der Waals surface area contributed by atoms with Crippen LogP contribution in [0.3, 0.4) is 0 Å². The number of rotatable bonds is 2. The van der Waals surface area contributed by atoms with Crippen LogP contribution in [0.25, 0.3) is 10.9 Å². The van der Waals surface area contributed by atoms with Gasteiger partial charge >= 0.3 is 5.97 Å². The molecule has 3 heteroatoms. The predicted octanol–water partition coefficient (Wildman–Crippen LogP) is 4.60. The first kappa shape index (κ1) is 14.6. The van der Waals surface area contributed by atoms with Crippen LogP contribution in [-0.2, 0) is 5.41 Å². The number of aromatic nitrogens is 1. The van der Waals surface area contributed by atoms with E-state index in [2.05, 4.69) is 45.7 Å². The first-order valence-corrected chi connectivity index (χ1v) is 7.03. The Hall–Kier alpha value is -1.77. The number of benzene rings is 1. The van der Waals surface area contributed by atoms with Crippen LogP contribution in [0, 0.1) is 6.92 Å². The summed E-state index contributed by atoms with van der Waals surface area (Å²) in [4.78, 5) is 14.8. The molecule has 0 amide bonds. The third kappa shape index (κ3) is 2.33. The zero-order chi connectivity index (χ0) is 15.2. The van der Waals surface area contributed by atoms with Gasteiger partial charge in [-0.3, -0.25) is 0 Å². The molecule has 0 unspecified atom stereocenters.